The van der Waals surface area contributed by atoms with Gasteiger partial charge >= 0.3 is 50.2 Å². The maximum absolute atomic E-state index is 13.3. The largest absolute Gasteiger partial charge is 0.184 e. The molecule has 1 aliphatic heterocycles. The van der Waals surface area contributed by atoms with Gasteiger partial charge in [0, 0.05) is 0 Å². The molecule has 2 radical (unpaired) electrons. The molecule has 5 aromatic carbocycles. The average Bonchev–Trinajstić information content (AvgIpc) is 3.60. The number of halogens is 8. The molecule has 0 N–H and O–H groups in total. The molecular formula is C35H28Cl2F6SiZr. The third kappa shape index (κ3) is 8.77. The van der Waals surface area contributed by atoms with E-state index < -0.39 is 44.3 Å². The summed E-state index contributed by atoms with van der Waals surface area (Å²) in [6, 6.07) is 27.5. The van der Waals surface area contributed by atoms with E-state index in [9.17, 15) is 26.3 Å². The Kier molecular flexibility index (Phi) is 12.3. The molecule has 0 amide bonds. The molecule has 0 saturated heterocycles. The van der Waals surface area contributed by atoms with Crippen LogP contribution in [0.3, 0.4) is 0 Å². The van der Waals surface area contributed by atoms with Crippen molar-refractivity contribution in [2.75, 3.05) is 0 Å². The molecule has 1 heterocycles. The molecule has 10 heteroatoms. The topological polar surface area (TPSA) is 0 Å². The number of alkyl halides is 6. The van der Waals surface area contributed by atoms with Crippen molar-refractivity contribution in [3.05, 3.63) is 113 Å². The van der Waals surface area contributed by atoms with Gasteiger partial charge in [-0.05, 0) is 36.6 Å². The molecule has 6 rings (SSSR count). The normalized spacial score (nSPS) is 12.0. The summed E-state index contributed by atoms with van der Waals surface area (Å²) in [6.07, 6.45) is -6.45. The van der Waals surface area contributed by atoms with E-state index in [0.29, 0.717) is 17.4 Å². The second-order valence-corrected chi connectivity index (χ2v) is 15.4. The minimum atomic E-state index is -4.87. The van der Waals surface area contributed by atoms with Crippen LogP contribution in [0.25, 0.3) is 33.0 Å². The Balaban J connectivity index is 0.000000236. The van der Waals surface area contributed by atoms with Crippen LogP contribution in [0.15, 0.2) is 84.9 Å². The number of unbranched alkanes of at least 4 members (excludes halogenated alkanes) is 1. The summed E-state index contributed by atoms with van der Waals surface area (Å²) in [7, 11) is 10.7. The molecule has 0 atom stereocenters. The van der Waals surface area contributed by atoms with Crippen LogP contribution >= 0.6 is 17.0 Å². The summed E-state index contributed by atoms with van der Waals surface area (Å²) in [4.78, 5) is 0. The van der Waals surface area contributed by atoms with Crippen LogP contribution in [-0.4, -0.2) is 9.52 Å². The second kappa shape index (κ2) is 15.6. The van der Waals surface area contributed by atoms with Crippen LogP contribution in [0.4, 0.5) is 26.3 Å². The Bertz CT molecular complexity index is 1670. The zero-order valence-corrected chi connectivity index (χ0v) is 29.4. The van der Waals surface area contributed by atoms with E-state index in [-0.39, 0.29) is 11.6 Å². The van der Waals surface area contributed by atoms with Crippen LogP contribution in [0.5, 0.6) is 0 Å². The predicted molar refractivity (Wildman–Crippen MR) is 170 cm³/mol. The van der Waals surface area contributed by atoms with E-state index in [1.54, 1.807) is 6.07 Å². The summed E-state index contributed by atoms with van der Waals surface area (Å²) in [5.74, 6) is 0. The number of hydrogen-bond acceptors (Lipinski definition) is 0. The minimum Gasteiger partial charge on any atom is -0.184 e. The van der Waals surface area contributed by atoms with Crippen molar-refractivity contribution in [3.8, 4) is 22.3 Å². The fourth-order valence-corrected chi connectivity index (χ4v) is 6.69. The number of rotatable bonds is 5. The van der Waals surface area contributed by atoms with Gasteiger partial charge in [-0.25, -0.2) is 0 Å². The van der Waals surface area contributed by atoms with Crippen LogP contribution in [0.2, 0.25) is 0 Å². The van der Waals surface area contributed by atoms with Gasteiger partial charge in [0.25, 0.3) is 0 Å². The van der Waals surface area contributed by atoms with Crippen LogP contribution < -0.4 is 10.4 Å². The summed E-state index contributed by atoms with van der Waals surface area (Å²) in [6.45, 7) is 3.90. The van der Waals surface area contributed by atoms with E-state index >= 15 is 0 Å². The van der Waals surface area contributed by atoms with Crippen molar-refractivity contribution in [1.82, 2.24) is 0 Å². The Morgan fingerprint density at radius 2 is 1.47 bits per heavy atom. The van der Waals surface area contributed by atoms with Gasteiger partial charge in [-0.3, -0.25) is 0 Å². The molecule has 232 valence electrons. The van der Waals surface area contributed by atoms with Gasteiger partial charge in [0.2, 0.25) is 0 Å². The Morgan fingerprint density at radius 3 is 2.09 bits per heavy atom. The van der Waals surface area contributed by atoms with Crippen molar-refractivity contribution in [2.45, 2.75) is 51.9 Å². The first-order chi connectivity index (χ1) is 21.4. The van der Waals surface area contributed by atoms with Gasteiger partial charge in [-0.2, -0.15) is 61.9 Å². The van der Waals surface area contributed by atoms with Crippen LogP contribution in [-0.2, 0) is 46.0 Å². The predicted octanol–water partition coefficient (Wildman–Crippen LogP) is 10.7. The quantitative estimate of drug-likeness (QED) is 0.0935. The molecule has 0 spiro atoms. The van der Waals surface area contributed by atoms with Crippen molar-refractivity contribution >= 4 is 47.7 Å². The first-order valence-electron chi connectivity index (χ1n) is 14.3. The number of benzene rings is 4. The third-order valence-corrected chi connectivity index (χ3v) is 8.81. The van der Waals surface area contributed by atoms with E-state index in [2.05, 4.69) is 49.4 Å². The minimum absolute atomic E-state index is 0.0535. The van der Waals surface area contributed by atoms with E-state index in [4.69, 9.17) is 17.0 Å². The summed E-state index contributed by atoms with van der Waals surface area (Å²) in [5.41, 5.74) is 2.34. The summed E-state index contributed by atoms with van der Waals surface area (Å²) < 4.78 is 79.9. The van der Waals surface area contributed by atoms with Gasteiger partial charge in [0.05, 0.1) is 20.6 Å². The molecule has 45 heavy (non-hydrogen) atoms. The molecule has 0 nitrogen and oxygen atoms in total. The molecule has 0 bridgehead atoms. The second-order valence-electron chi connectivity index (χ2n) is 10.4. The van der Waals surface area contributed by atoms with Crippen molar-refractivity contribution in [2.24, 2.45) is 0 Å². The van der Waals surface area contributed by atoms with Crippen LogP contribution in [0.1, 0.15) is 48.9 Å². The fourth-order valence-electron chi connectivity index (χ4n) is 5.38. The van der Waals surface area contributed by atoms with Gasteiger partial charge in [-0.15, -0.1) is 40.1 Å². The van der Waals surface area contributed by atoms with Crippen LogP contribution in [0, 0.1) is 6.07 Å². The Morgan fingerprint density at radius 1 is 0.822 bits per heavy atom. The molecule has 1 aliphatic rings. The zero-order valence-electron chi connectivity index (χ0n) is 24.4. The standard InChI is InChI=1S/C23H21F6.C12H7Si.2ClH.Zr/c1-3-5-6-14-9-16-8-7-15(4-2)21(20(16)10-14)17-11-18(22(24,25)26)13-19(12-17)23(27,28)29;1-3-7-11-9(5-1)10-6-2-4-8-12(10)13-11;;;/h7-13H,3-6H2,1-2H3;1-7H;2*1H;/q2*-1;;;+4/p-2. The molecular weight excluding hydrogens is 725 g/mol. The molecule has 0 aromatic heterocycles. The molecule has 0 aliphatic carbocycles. The number of fused-ring (bicyclic) bond motifs is 4. The zero-order chi connectivity index (χ0) is 32.8. The first kappa shape index (κ1) is 35.6. The first-order valence-corrected chi connectivity index (χ1v) is 21.6. The average molecular weight is 753 g/mol. The summed E-state index contributed by atoms with van der Waals surface area (Å²) >= 11 is -0.826. The Hall–Kier alpha value is -2.25. The molecule has 0 saturated carbocycles. The monoisotopic (exact) mass is 750 g/mol. The van der Waals surface area contributed by atoms with Crippen molar-refractivity contribution < 1.29 is 47.2 Å². The van der Waals surface area contributed by atoms with E-state index in [1.165, 1.54) is 21.5 Å². The smallest absolute Gasteiger partial charge is 0.0920 e. The SMILES string of the molecule is CCCCc1cc2c(-c3cc(C(F)(F)F)cc(C(F)(F)F)c3)c(CC)ccc2[cH-]1.[Cl][Zr+2][Cl].[c-]1cccc2c1[Si]c1ccccc1-2. The molecule has 0 fully saturated rings. The van der Waals surface area contributed by atoms with E-state index in [1.807, 2.05) is 31.2 Å². The Labute approximate surface area is 280 Å². The van der Waals surface area contributed by atoms with Crippen molar-refractivity contribution in [3.63, 3.8) is 0 Å². The van der Waals surface area contributed by atoms with Crippen molar-refractivity contribution in [1.29, 1.82) is 0 Å². The maximum atomic E-state index is 13.3. The van der Waals surface area contributed by atoms with E-state index in [0.717, 1.165) is 57.4 Å². The van der Waals surface area contributed by atoms with Gasteiger partial charge in [-0.1, -0.05) is 72.8 Å². The van der Waals surface area contributed by atoms with Gasteiger partial charge in [0.1, 0.15) is 0 Å². The molecule has 0 unspecified atom stereocenters. The summed E-state index contributed by atoms with van der Waals surface area (Å²) in [5, 5.41) is 4.35. The van der Waals surface area contributed by atoms with Gasteiger partial charge < -0.3 is 0 Å². The number of hydrogen-bond donors (Lipinski definition) is 0. The molecule has 5 aromatic rings. The fraction of sp³-hybridized carbons (Fsp3) is 0.229. The van der Waals surface area contributed by atoms with Gasteiger partial charge in [0.15, 0.2) is 0 Å². The number of aryl methyl sites for hydroxylation is 2. The maximum Gasteiger partial charge on any atom is 0.0920 e. The third-order valence-electron chi connectivity index (χ3n) is 7.45.